The summed E-state index contributed by atoms with van der Waals surface area (Å²) in [5.74, 6) is 1.08. The number of nitrogens with zero attached hydrogens (tertiary/aromatic N) is 2. The maximum Gasteiger partial charge on any atom is 0.358 e. The summed E-state index contributed by atoms with van der Waals surface area (Å²) in [4.78, 5) is 0. The molecule has 0 amide bonds. The van der Waals surface area contributed by atoms with E-state index in [4.69, 9.17) is 16.5 Å². The number of rotatable bonds is 7. The molecule has 0 aromatic heterocycles. The monoisotopic (exact) mass is 377 g/mol. The van der Waals surface area contributed by atoms with Crippen molar-refractivity contribution < 1.29 is 14.9 Å². The summed E-state index contributed by atoms with van der Waals surface area (Å²) in [6.07, 6.45) is 2.43. The Bertz CT molecular complexity index is 750. The molecule has 0 aliphatic heterocycles. The van der Waals surface area contributed by atoms with E-state index < -0.39 is 12.2 Å². The predicted octanol–water partition coefficient (Wildman–Crippen LogP) is 4.43. The molecule has 2 atom stereocenters. The van der Waals surface area contributed by atoms with E-state index in [2.05, 4.69) is 5.10 Å². The number of phenolic OH excluding ortho intramolecular Hbond substituents is 2. The Balaban J connectivity index is 2.11. The van der Waals surface area contributed by atoms with Crippen molar-refractivity contribution in [1.29, 1.82) is 0 Å². The largest absolute Gasteiger partial charge is 0.508 e. The van der Waals surface area contributed by atoms with Crippen LogP contribution in [0.1, 0.15) is 25.8 Å². The minimum atomic E-state index is -1.14. The van der Waals surface area contributed by atoms with E-state index in [0.717, 1.165) is 12.0 Å². The fourth-order valence-electron chi connectivity index (χ4n) is 2.08. The second-order valence-corrected chi connectivity index (χ2v) is 8.83. The fourth-order valence-corrected chi connectivity index (χ4v) is 3.92. The Labute approximate surface area is 154 Å². The normalized spacial score (nSPS) is 14.1. The lowest BCUT2D eigenvalue weighted by Gasteiger charge is -2.23. The molecule has 2 N–H and O–H groups in total. The third kappa shape index (κ3) is 5.15. The summed E-state index contributed by atoms with van der Waals surface area (Å²) in [7, 11) is 1.84. The topological polar surface area (TPSA) is 65.3 Å². The first-order chi connectivity index (χ1) is 11.8. The number of aromatic hydroxyl groups is 2. The van der Waals surface area contributed by atoms with Gasteiger partial charge in [-0.25, -0.2) is 0 Å². The van der Waals surface area contributed by atoms with Crippen molar-refractivity contribution in [3.05, 3.63) is 54.1 Å². The Hall–Kier alpha value is -2.17. The highest BCUT2D eigenvalue weighted by Gasteiger charge is 2.44. The lowest BCUT2D eigenvalue weighted by Crippen LogP contribution is -2.30. The average molecular weight is 377 g/mol. The van der Waals surface area contributed by atoms with Gasteiger partial charge < -0.3 is 14.9 Å². The molecule has 0 saturated heterocycles. The van der Waals surface area contributed by atoms with Gasteiger partial charge >= 0.3 is 6.85 Å². The van der Waals surface area contributed by atoms with Crippen LogP contribution < -0.4 is 4.74 Å². The Morgan fingerprint density at radius 1 is 1.12 bits per heavy atom. The molecule has 0 aliphatic rings. The standard InChI is InChI=1S/C18H21N2O3PS/c1-4-18(2,23-17-11-9-16(22)10-12-17)24(25)20(3)19-13-14-5-7-15(21)8-6-14/h5-13H,4H2,1-3H3,(H-,19,21,22)/p+1. The summed E-state index contributed by atoms with van der Waals surface area (Å²) >= 11 is 5.72. The first-order valence-electron chi connectivity index (χ1n) is 7.86. The van der Waals surface area contributed by atoms with Crippen molar-refractivity contribution in [2.24, 2.45) is 5.10 Å². The summed E-state index contributed by atoms with van der Waals surface area (Å²) in [6, 6.07) is 13.4. The quantitative estimate of drug-likeness (QED) is 0.425. The van der Waals surface area contributed by atoms with Crippen LogP contribution in [0.5, 0.6) is 17.2 Å². The van der Waals surface area contributed by atoms with Crippen LogP contribution in [0.25, 0.3) is 0 Å². The Morgan fingerprint density at radius 3 is 2.16 bits per heavy atom. The number of hydrogen-bond donors (Lipinski definition) is 2. The van der Waals surface area contributed by atoms with E-state index in [1.165, 1.54) is 0 Å². The maximum atomic E-state index is 9.39. The molecule has 0 aliphatic carbocycles. The van der Waals surface area contributed by atoms with Gasteiger partial charge in [0.05, 0.1) is 13.3 Å². The second-order valence-electron chi connectivity index (χ2n) is 5.72. The molecular weight excluding hydrogens is 355 g/mol. The highest BCUT2D eigenvalue weighted by molar-refractivity contribution is 8.04. The molecule has 5 nitrogen and oxygen atoms in total. The molecule has 0 saturated carbocycles. The SMILES string of the molecule is CCC(C)(Oc1ccc(O)cc1)[P+](=S)N(C)N=Cc1ccc(O)cc1. The summed E-state index contributed by atoms with van der Waals surface area (Å²) < 4.78 is 7.87. The number of benzene rings is 2. The van der Waals surface area contributed by atoms with Gasteiger partial charge in [-0.15, -0.1) is 9.88 Å². The molecule has 2 unspecified atom stereocenters. The van der Waals surface area contributed by atoms with E-state index in [-0.39, 0.29) is 11.5 Å². The van der Waals surface area contributed by atoms with Gasteiger partial charge in [0.25, 0.3) is 5.34 Å². The summed E-state index contributed by atoms with van der Waals surface area (Å²) in [5, 5.41) is 22.6. The Kier molecular flexibility index (Phi) is 6.34. The first-order valence-corrected chi connectivity index (χ1v) is 10.2. The van der Waals surface area contributed by atoms with Gasteiger partial charge in [-0.3, -0.25) is 0 Å². The zero-order valence-electron chi connectivity index (χ0n) is 14.5. The van der Waals surface area contributed by atoms with E-state index in [9.17, 15) is 10.2 Å². The molecule has 0 radical (unpaired) electrons. The second kappa shape index (κ2) is 8.28. The van der Waals surface area contributed by atoms with Crippen LogP contribution in [0.3, 0.4) is 0 Å². The Morgan fingerprint density at radius 2 is 1.64 bits per heavy atom. The van der Waals surface area contributed by atoms with Gasteiger partial charge in [0.2, 0.25) is 0 Å². The molecular formula is C18H22N2O3PS+. The van der Waals surface area contributed by atoms with Crippen molar-refractivity contribution in [2.75, 3.05) is 7.05 Å². The van der Waals surface area contributed by atoms with E-state index >= 15 is 0 Å². The van der Waals surface area contributed by atoms with Gasteiger partial charge in [-0.2, -0.15) is 0 Å². The fraction of sp³-hybridized carbons (Fsp3) is 0.278. The minimum Gasteiger partial charge on any atom is -0.508 e. The van der Waals surface area contributed by atoms with Crippen molar-refractivity contribution in [3.8, 4) is 17.2 Å². The number of hydrazone groups is 1. The van der Waals surface area contributed by atoms with Crippen LogP contribution in [0.2, 0.25) is 0 Å². The zero-order valence-corrected chi connectivity index (χ0v) is 16.2. The molecule has 2 aromatic rings. The number of ether oxygens (including phenoxy) is 1. The summed E-state index contributed by atoms with van der Waals surface area (Å²) in [5.41, 5.74) is 0.876. The minimum absolute atomic E-state index is 0.196. The molecule has 0 fully saturated rings. The molecule has 25 heavy (non-hydrogen) atoms. The number of phenols is 2. The van der Waals surface area contributed by atoms with Gasteiger partial charge in [-0.05, 0) is 54.1 Å². The van der Waals surface area contributed by atoms with Gasteiger partial charge in [0, 0.05) is 13.3 Å². The predicted molar refractivity (Wildman–Crippen MR) is 105 cm³/mol. The van der Waals surface area contributed by atoms with Crippen LogP contribution in [0.4, 0.5) is 0 Å². The molecule has 0 spiro atoms. The van der Waals surface area contributed by atoms with E-state index in [1.54, 1.807) is 59.5 Å². The van der Waals surface area contributed by atoms with Gasteiger partial charge in [0.1, 0.15) is 17.2 Å². The van der Waals surface area contributed by atoms with E-state index in [0.29, 0.717) is 5.75 Å². The maximum absolute atomic E-state index is 9.39. The highest BCUT2D eigenvalue weighted by Crippen LogP contribution is 2.45. The average Bonchev–Trinajstić information content (AvgIpc) is 2.62. The van der Waals surface area contributed by atoms with Crippen molar-refractivity contribution >= 4 is 24.9 Å². The van der Waals surface area contributed by atoms with E-state index in [1.807, 2.05) is 20.9 Å². The summed E-state index contributed by atoms with van der Waals surface area (Å²) in [6.45, 7) is 2.87. The molecule has 2 aromatic carbocycles. The molecule has 132 valence electrons. The zero-order chi connectivity index (χ0) is 18.4. The third-order valence-corrected chi connectivity index (χ3v) is 7.48. The van der Waals surface area contributed by atoms with Crippen LogP contribution >= 0.6 is 6.85 Å². The van der Waals surface area contributed by atoms with Gasteiger partial charge in [0.15, 0.2) is 11.8 Å². The van der Waals surface area contributed by atoms with Crippen molar-refractivity contribution in [1.82, 2.24) is 4.78 Å². The molecule has 7 heteroatoms. The molecule has 0 heterocycles. The smallest absolute Gasteiger partial charge is 0.358 e. The lowest BCUT2D eigenvalue weighted by molar-refractivity contribution is 0.171. The third-order valence-electron chi connectivity index (χ3n) is 3.76. The first kappa shape index (κ1) is 19.2. The number of hydrogen-bond acceptors (Lipinski definition) is 5. The van der Waals surface area contributed by atoms with Crippen molar-refractivity contribution in [3.63, 3.8) is 0 Å². The lowest BCUT2D eigenvalue weighted by atomic mass is 10.2. The van der Waals surface area contributed by atoms with Crippen LogP contribution in [-0.4, -0.2) is 33.6 Å². The van der Waals surface area contributed by atoms with Crippen molar-refractivity contribution in [2.45, 2.75) is 25.6 Å². The molecule has 2 rings (SSSR count). The van der Waals surface area contributed by atoms with Crippen LogP contribution in [0, 0.1) is 0 Å². The van der Waals surface area contributed by atoms with Gasteiger partial charge in [-0.1, -0.05) is 6.92 Å². The van der Waals surface area contributed by atoms with Crippen LogP contribution in [0.15, 0.2) is 53.6 Å². The molecule has 0 bridgehead atoms. The highest BCUT2D eigenvalue weighted by atomic mass is 32.4. The van der Waals surface area contributed by atoms with Crippen LogP contribution in [-0.2, 0) is 11.8 Å².